The van der Waals surface area contributed by atoms with Crippen molar-refractivity contribution >= 4 is 49.0 Å². The predicted molar refractivity (Wildman–Crippen MR) is 82.8 cm³/mol. The van der Waals surface area contributed by atoms with Crippen molar-refractivity contribution in [2.24, 2.45) is 0 Å². The van der Waals surface area contributed by atoms with Crippen LogP contribution in [0.15, 0.2) is 13.6 Å². The Morgan fingerprint density at radius 1 is 1.37 bits per heavy atom. The third kappa shape index (κ3) is 3.32. The third-order valence-corrected chi connectivity index (χ3v) is 5.01. The van der Waals surface area contributed by atoms with Gasteiger partial charge in [-0.05, 0) is 37.9 Å². The van der Waals surface area contributed by atoms with Crippen LogP contribution in [0.1, 0.15) is 35.9 Å². The highest BCUT2D eigenvalue weighted by Crippen LogP contribution is 2.32. The van der Waals surface area contributed by atoms with E-state index in [4.69, 9.17) is 0 Å². The van der Waals surface area contributed by atoms with Crippen molar-refractivity contribution in [3.8, 4) is 0 Å². The van der Waals surface area contributed by atoms with Crippen LogP contribution in [0.4, 0.5) is 0 Å². The third-order valence-electron chi connectivity index (χ3n) is 2.68. The zero-order chi connectivity index (χ0) is 14.0. The van der Waals surface area contributed by atoms with Gasteiger partial charge >= 0.3 is 0 Å². The molecule has 2 aromatic rings. The molecule has 0 aliphatic rings. The molecule has 0 amide bonds. The second kappa shape index (κ2) is 6.28. The molecule has 0 aromatic carbocycles. The largest absolute Gasteiger partial charge is 0.292 e. The molecule has 0 N–H and O–H groups in total. The number of hydrogen-bond donors (Lipinski definition) is 0. The number of nitrogens with zero attached hydrogens (tertiary/aromatic N) is 3. The molecule has 0 spiro atoms. The molecule has 0 bridgehead atoms. The molecule has 0 aliphatic carbocycles. The van der Waals surface area contributed by atoms with Gasteiger partial charge in [0.15, 0.2) is 11.6 Å². The van der Waals surface area contributed by atoms with Crippen LogP contribution < -0.4 is 0 Å². The fourth-order valence-electron chi connectivity index (χ4n) is 1.72. The van der Waals surface area contributed by atoms with E-state index in [1.54, 1.807) is 4.68 Å². The van der Waals surface area contributed by atoms with Gasteiger partial charge in [0.05, 0.1) is 7.57 Å². The van der Waals surface area contributed by atoms with Crippen LogP contribution in [0.25, 0.3) is 0 Å². The highest BCUT2D eigenvalue weighted by Gasteiger charge is 2.17. The Bertz CT molecular complexity index is 606. The fraction of sp³-hybridized carbons (Fsp3) is 0.417. The van der Waals surface area contributed by atoms with E-state index < -0.39 is 0 Å². The summed E-state index contributed by atoms with van der Waals surface area (Å²) in [5.41, 5.74) is 0.687. The highest BCUT2D eigenvalue weighted by molar-refractivity contribution is 9.12. The summed E-state index contributed by atoms with van der Waals surface area (Å²) in [5, 5.41) is 4.36. The van der Waals surface area contributed by atoms with Crippen molar-refractivity contribution in [1.82, 2.24) is 14.8 Å². The summed E-state index contributed by atoms with van der Waals surface area (Å²) in [7, 11) is 0. The minimum absolute atomic E-state index is 0.0380. The van der Waals surface area contributed by atoms with Gasteiger partial charge in [-0.2, -0.15) is 5.10 Å². The zero-order valence-electron chi connectivity index (χ0n) is 10.6. The first-order valence-electron chi connectivity index (χ1n) is 5.95. The van der Waals surface area contributed by atoms with Gasteiger partial charge < -0.3 is 0 Å². The van der Waals surface area contributed by atoms with Crippen LogP contribution in [0.2, 0.25) is 0 Å². The molecule has 102 valence electrons. The van der Waals surface area contributed by atoms with Crippen LogP contribution in [0, 0.1) is 0 Å². The van der Waals surface area contributed by atoms with E-state index in [1.807, 2.05) is 19.9 Å². The van der Waals surface area contributed by atoms with Crippen LogP contribution in [-0.4, -0.2) is 20.5 Å². The van der Waals surface area contributed by atoms with E-state index in [0.717, 1.165) is 32.1 Å². The summed E-state index contributed by atoms with van der Waals surface area (Å²) < 4.78 is 3.49. The minimum Gasteiger partial charge on any atom is -0.292 e. The number of carbonyl (C=O) groups is 1. The number of hydrogen-bond acceptors (Lipinski definition) is 4. The number of thiophene rings is 1. The Labute approximate surface area is 132 Å². The Morgan fingerprint density at radius 2 is 2.11 bits per heavy atom. The highest BCUT2D eigenvalue weighted by atomic mass is 79.9. The van der Waals surface area contributed by atoms with Crippen molar-refractivity contribution in [1.29, 1.82) is 0 Å². The van der Waals surface area contributed by atoms with Crippen LogP contribution in [0.3, 0.4) is 0 Å². The van der Waals surface area contributed by atoms with Crippen LogP contribution >= 0.6 is 43.2 Å². The van der Waals surface area contributed by atoms with Gasteiger partial charge in [-0.1, -0.05) is 13.8 Å². The smallest absolute Gasteiger partial charge is 0.186 e. The van der Waals surface area contributed by atoms with Gasteiger partial charge in [0.25, 0.3) is 0 Å². The summed E-state index contributed by atoms with van der Waals surface area (Å²) >= 11 is 8.28. The normalized spacial score (nSPS) is 10.9. The van der Waals surface area contributed by atoms with E-state index in [1.165, 1.54) is 11.3 Å². The molecular formula is C12H13Br2N3OS. The van der Waals surface area contributed by atoms with Gasteiger partial charge in [0, 0.05) is 18.4 Å². The Hall–Kier alpha value is -0.530. The first kappa shape index (κ1) is 14.9. The summed E-state index contributed by atoms with van der Waals surface area (Å²) in [6, 6.07) is 1.83. The van der Waals surface area contributed by atoms with Crippen molar-refractivity contribution in [2.45, 2.75) is 33.2 Å². The Kier molecular flexibility index (Phi) is 4.92. The second-order valence-electron chi connectivity index (χ2n) is 3.97. The lowest BCUT2D eigenvalue weighted by Gasteiger charge is -2.03. The predicted octanol–water partition coefficient (Wildman–Crippen LogP) is 3.87. The number of rotatable bonds is 5. The van der Waals surface area contributed by atoms with E-state index in [2.05, 4.69) is 41.9 Å². The van der Waals surface area contributed by atoms with Crippen molar-refractivity contribution in [2.75, 3.05) is 0 Å². The molecule has 7 heteroatoms. The molecule has 2 aromatic heterocycles. The van der Waals surface area contributed by atoms with E-state index in [-0.39, 0.29) is 12.3 Å². The van der Waals surface area contributed by atoms with Crippen molar-refractivity contribution < 1.29 is 4.79 Å². The van der Waals surface area contributed by atoms with E-state index >= 15 is 0 Å². The molecule has 2 rings (SSSR count). The Morgan fingerprint density at radius 3 is 2.63 bits per heavy atom. The first-order valence-corrected chi connectivity index (χ1v) is 8.36. The number of Topliss-reactive ketones (excluding diaryl/α,β-unsaturated/α-hetero) is 1. The maximum atomic E-state index is 12.3. The molecule has 0 aliphatic heterocycles. The first-order chi connectivity index (χ1) is 9.05. The minimum atomic E-state index is 0.0380. The molecule has 0 atom stereocenters. The maximum absolute atomic E-state index is 12.3. The lowest BCUT2D eigenvalue weighted by molar-refractivity contribution is 0.0966. The molecule has 0 unspecified atom stereocenters. The lowest BCUT2D eigenvalue weighted by Crippen LogP contribution is -2.14. The summed E-state index contributed by atoms with van der Waals surface area (Å²) in [6.45, 7) is 4.26. The number of aryl methyl sites for hydroxylation is 2. The van der Waals surface area contributed by atoms with Crippen LogP contribution in [0.5, 0.6) is 0 Å². The summed E-state index contributed by atoms with van der Waals surface area (Å²) in [5.74, 6) is 1.68. The van der Waals surface area contributed by atoms with Gasteiger partial charge in [-0.15, -0.1) is 11.3 Å². The van der Waals surface area contributed by atoms with Crippen LogP contribution in [-0.2, 0) is 19.4 Å². The molecule has 0 radical (unpaired) electrons. The number of carbonyl (C=O) groups excluding carboxylic acids is 1. The van der Waals surface area contributed by atoms with Crippen molar-refractivity contribution in [3.05, 3.63) is 30.9 Å². The molecule has 0 saturated heterocycles. The summed E-state index contributed by atoms with van der Waals surface area (Å²) in [6.07, 6.45) is 1.55. The van der Waals surface area contributed by atoms with Gasteiger partial charge in [-0.25, -0.2) is 9.67 Å². The average Bonchev–Trinajstić information content (AvgIpc) is 2.92. The standard InChI is InChI=1S/C12H13Br2N3OS/c1-3-10-15-11(4-2)17(16-10)6-8(18)7-5-9(13)19-12(7)14/h5H,3-4,6H2,1-2H3. The SMILES string of the molecule is CCc1nc(CC)n(CC(=O)c2cc(Br)sc2Br)n1. The summed E-state index contributed by atoms with van der Waals surface area (Å²) in [4.78, 5) is 16.7. The average molecular weight is 407 g/mol. The number of halogens is 2. The van der Waals surface area contributed by atoms with Gasteiger partial charge in [0.1, 0.15) is 12.4 Å². The monoisotopic (exact) mass is 405 g/mol. The number of aromatic nitrogens is 3. The molecule has 4 nitrogen and oxygen atoms in total. The maximum Gasteiger partial charge on any atom is 0.186 e. The lowest BCUT2D eigenvalue weighted by atomic mass is 10.2. The number of ketones is 1. The molecule has 0 saturated carbocycles. The zero-order valence-corrected chi connectivity index (χ0v) is 14.6. The van der Waals surface area contributed by atoms with E-state index in [9.17, 15) is 4.79 Å². The fourth-order valence-corrected chi connectivity index (χ4v) is 4.57. The van der Waals surface area contributed by atoms with Crippen molar-refractivity contribution in [3.63, 3.8) is 0 Å². The second-order valence-corrected chi connectivity index (χ2v) is 7.72. The molecule has 2 heterocycles. The van der Waals surface area contributed by atoms with Gasteiger partial charge in [-0.3, -0.25) is 4.79 Å². The Balaban J connectivity index is 2.23. The molecular weight excluding hydrogens is 394 g/mol. The molecule has 19 heavy (non-hydrogen) atoms. The quantitative estimate of drug-likeness (QED) is 0.708. The topological polar surface area (TPSA) is 47.8 Å². The molecule has 0 fully saturated rings. The van der Waals surface area contributed by atoms with Gasteiger partial charge in [0.2, 0.25) is 0 Å². The van der Waals surface area contributed by atoms with E-state index in [0.29, 0.717) is 5.56 Å².